The lowest BCUT2D eigenvalue weighted by Gasteiger charge is -2.43. The average molecular weight is 410 g/mol. The summed E-state index contributed by atoms with van der Waals surface area (Å²) in [6, 6.07) is 11.6. The lowest BCUT2D eigenvalue weighted by molar-refractivity contribution is -0.129. The molecule has 2 heterocycles. The smallest absolute Gasteiger partial charge is 0.246 e. The van der Waals surface area contributed by atoms with E-state index in [1.165, 1.54) is 5.56 Å². The topological polar surface area (TPSA) is 46.6 Å². The molecule has 0 N–H and O–H groups in total. The maximum absolute atomic E-state index is 12.7. The second kappa shape index (κ2) is 7.68. The zero-order valence-electron chi connectivity index (χ0n) is 16.7. The van der Waals surface area contributed by atoms with Crippen LogP contribution < -0.4 is 4.74 Å². The number of likely N-dealkylation sites (tertiary alicyclic amines) is 1. The van der Waals surface area contributed by atoms with Crippen molar-refractivity contribution >= 4 is 29.4 Å². The third-order valence-electron chi connectivity index (χ3n) is 5.85. The van der Waals surface area contributed by atoms with Crippen LogP contribution >= 0.6 is 11.6 Å². The molecule has 2 aromatic rings. The highest BCUT2D eigenvalue weighted by molar-refractivity contribution is 6.31. The molecule has 0 saturated carbocycles. The number of hydrogen-bond donors (Lipinski definition) is 0. The van der Waals surface area contributed by atoms with Crippen molar-refractivity contribution in [3.63, 3.8) is 0 Å². The van der Waals surface area contributed by atoms with Crippen LogP contribution in [0.2, 0.25) is 5.02 Å². The van der Waals surface area contributed by atoms with Crippen molar-refractivity contribution in [1.29, 1.82) is 0 Å². The summed E-state index contributed by atoms with van der Waals surface area (Å²) in [7, 11) is 0. The van der Waals surface area contributed by atoms with Gasteiger partial charge in [-0.25, -0.2) is 0 Å². The molecule has 2 aliphatic rings. The van der Waals surface area contributed by atoms with Crippen molar-refractivity contribution in [2.75, 3.05) is 13.1 Å². The maximum Gasteiger partial charge on any atom is 0.246 e. The van der Waals surface area contributed by atoms with Gasteiger partial charge in [0.15, 0.2) is 5.78 Å². The van der Waals surface area contributed by atoms with Gasteiger partial charge in [-0.05, 0) is 43.2 Å². The van der Waals surface area contributed by atoms with Crippen molar-refractivity contribution < 1.29 is 14.3 Å². The zero-order valence-corrected chi connectivity index (χ0v) is 17.5. The highest BCUT2D eigenvalue weighted by Crippen LogP contribution is 2.41. The molecule has 1 fully saturated rings. The molecular formula is C24H24ClNO3. The van der Waals surface area contributed by atoms with E-state index in [9.17, 15) is 9.59 Å². The molecule has 0 bridgehead atoms. The normalized spacial score (nSPS) is 18.0. The van der Waals surface area contributed by atoms with Crippen LogP contribution in [0.3, 0.4) is 0 Å². The van der Waals surface area contributed by atoms with Crippen LogP contribution in [0.15, 0.2) is 42.5 Å². The van der Waals surface area contributed by atoms with Crippen LogP contribution in [-0.4, -0.2) is 35.3 Å². The third-order valence-corrected chi connectivity index (χ3v) is 6.26. The lowest BCUT2D eigenvalue weighted by atomic mass is 9.82. The molecule has 0 aromatic heterocycles. The molecule has 5 heteroatoms. The number of Topliss-reactive ketones (excluding diaryl/α,β-unsaturated/α-hetero) is 1. The van der Waals surface area contributed by atoms with Gasteiger partial charge in [0.1, 0.15) is 11.4 Å². The summed E-state index contributed by atoms with van der Waals surface area (Å²) in [5, 5.41) is 0.581. The van der Waals surface area contributed by atoms with Gasteiger partial charge in [0.2, 0.25) is 5.91 Å². The fourth-order valence-electron chi connectivity index (χ4n) is 3.98. The van der Waals surface area contributed by atoms with E-state index in [4.69, 9.17) is 16.3 Å². The average Bonchev–Trinajstić information content (AvgIpc) is 2.69. The van der Waals surface area contributed by atoms with Crippen LogP contribution in [-0.2, 0) is 4.79 Å². The van der Waals surface area contributed by atoms with Crippen molar-refractivity contribution in [2.24, 2.45) is 0 Å². The molecule has 0 aliphatic carbocycles. The Bertz CT molecular complexity index is 986. The number of halogens is 1. The van der Waals surface area contributed by atoms with E-state index in [-0.39, 0.29) is 11.7 Å². The second-order valence-electron chi connectivity index (χ2n) is 8.05. The summed E-state index contributed by atoms with van der Waals surface area (Å²) >= 11 is 6.17. The van der Waals surface area contributed by atoms with Gasteiger partial charge in [0, 0.05) is 37.0 Å². The standard InChI is InChI=1S/C24H24ClNO3/c1-16-3-5-18(6-4-16)7-8-23(28)26-11-9-24(10-12-26)15-21(27)19-14-20(25)17(2)13-22(19)29-24/h3-8,13-14H,9-12,15H2,1-2H3/b8-7+. The first kappa shape index (κ1) is 19.7. The predicted molar refractivity (Wildman–Crippen MR) is 115 cm³/mol. The van der Waals surface area contributed by atoms with Crippen LogP contribution in [0.25, 0.3) is 6.08 Å². The van der Waals surface area contributed by atoms with Gasteiger partial charge in [-0.15, -0.1) is 0 Å². The number of benzene rings is 2. The second-order valence-corrected chi connectivity index (χ2v) is 8.46. The first-order chi connectivity index (χ1) is 13.8. The Morgan fingerprint density at radius 1 is 1.14 bits per heavy atom. The molecule has 4 rings (SSSR count). The highest BCUT2D eigenvalue weighted by atomic mass is 35.5. The fraction of sp³-hybridized carbons (Fsp3) is 0.333. The number of ether oxygens (including phenoxy) is 1. The molecule has 1 saturated heterocycles. The lowest BCUT2D eigenvalue weighted by Crippen LogP contribution is -2.52. The molecule has 0 atom stereocenters. The number of carbonyl (C=O) groups is 2. The van der Waals surface area contributed by atoms with Crippen LogP contribution in [0.1, 0.15) is 46.3 Å². The van der Waals surface area contributed by atoms with Gasteiger partial charge in [-0.2, -0.15) is 0 Å². The number of nitrogens with zero attached hydrogens (tertiary/aromatic N) is 1. The first-order valence-corrected chi connectivity index (χ1v) is 10.3. The number of rotatable bonds is 2. The van der Waals surface area contributed by atoms with Gasteiger partial charge in [-0.3, -0.25) is 9.59 Å². The number of amides is 1. The maximum atomic E-state index is 12.7. The van der Waals surface area contributed by atoms with Crippen molar-refractivity contribution in [3.05, 3.63) is 69.8 Å². The molecule has 0 unspecified atom stereocenters. The molecule has 29 heavy (non-hydrogen) atoms. The van der Waals surface area contributed by atoms with Gasteiger partial charge in [-0.1, -0.05) is 41.4 Å². The minimum Gasteiger partial charge on any atom is -0.486 e. The Hall–Kier alpha value is -2.59. The summed E-state index contributed by atoms with van der Waals surface area (Å²) in [5.74, 6) is 0.667. The number of piperidine rings is 1. The number of carbonyl (C=O) groups excluding carboxylic acids is 2. The molecular weight excluding hydrogens is 386 g/mol. The quantitative estimate of drug-likeness (QED) is 0.656. The van der Waals surface area contributed by atoms with Gasteiger partial charge >= 0.3 is 0 Å². The predicted octanol–water partition coefficient (Wildman–Crippen LogP) is 5.00. The van der Waals surface area contributed by atoms with E-state index >= 15 is 0 Å². The highest BCUT2D eigenvalue weighted by Gasteiger charge is 2.43. The van der Waals surface area contributed by atoms with Crippen LogP contribution in [0, 0.1) is 13.8 Å². The SMILES string of the molecule is Cc1ccc(/C=C/C(=O)N2CCC3(CC2)CC(=O)c2cc(Cl)c(C)cc2O3)cc1. The van der Waals surface area contributed by atoms with E-state index in [0.717, 1.165) is 11.1 Å². The van der Waals surface area contributed by atoms with E-state index in [1.54, 1.807) is 12.1 Å². The monoisotopic (exact) mass is 409 g/mol. The molecule has 2 aliphatic heterocycles. The Kier molecular flexibility index (Phi) is 5.22. The Labute approximate surface area is 176 Å². The summed E-state index contributed by atoms with van der Waals surface area (Å²) in [6.07, 6.45) is 5.08. The molecule has 1 spiro atoms. The molecule has 0 radical (unpaired) electrons. The Balaban J connectivity index is 1.42. The molecule has 150 valence electrons. The van der Waals surface area contributed by atoms with Crippen molar-refractivity contribution in [2.45, 2.75) is 38.7 Å². The zero-order chi connectivity index (χ0) is 20.6. The van der Waals surface area contributed by atoms with E-state index in [1.807, 2.05) is 55.2 Å². The molecule has 2 aromatic carbocycles. The summed E-state index contributed by atoms with van der Waals surface area (Å²) in [4.78, 5) is 27.1. The Morgan fingerprint density at radius 2 is 1.83 bits per heavy atom. The van der Waals surface area contributed by atoms with E-state index in [0.29, 0.717) is 48.7 Å². The largest absolute Gasteiger partial charge is 0.486 e. The van der Waals surface area contributed by atoms with Crippen LogP contribution in [0.4, 0.5) is 0 Å². The van der Waals surface area contributed by atoms with Crippen molar-refractivity contribution in [1.82, 2.24) is 4.90 Å². The first-order valence-electron chi connectivity index (χ1n) is 9.91. The van der Waals surface area contributed by atoms with Gasteiger partial charge < -0.3 is 9.64 Å². The summed E-state index contributed by atoms with van der Waals surface area (Å²) in [5.41, 5.74) is 3.12. The van der Waals surface area contributed by atoms with E-state index < -0.39 is 5.60 Å². The Morgan fingerprint density at radius 3 is 2.52 bits per heavy atom. The molecule has 4 nitrogen and oxygen atoms in total. The minimum atomic E-state index is -0.526. The number of hydrogen-bond acceptors (Lipinski definition) is 3. The number of ketones is 1. The minimum absolute atomic E-state index is 0.00872. The fourth-order valence-corrected chi connectivity index (χ4v) is 4.14. The number of aryl methyl sites for hydroxylation is 2. The van der Waals surface area contributed by atoms with E-state index in [2.05, 4.69) is 0 Å². The van der Waals surface area contributed by atoms with Crippen LogP contribution in [0.5, 0.6) is 5.75 Å². The third kappa shape index (κ3) is 4.08. The van der Waals surface area contributed by atoms with Gasteiger partial charge in [0.05, 0.1) is 12.0 Å². The summed E-state index contributed by atoms with van der Waals surface area (Å²) in [6.45, 7) is 5.09. The molecule has 1 amide bonds. The van der Waals surface area contributed by atoms with Crippen molar-refractivity contribution in [3.8, 4) is 5.75 Å². The summed E-state index contributed by atoms with van der Waals surface area (Å²) < 4.78 is 6.30. The van der Waals surface area contributed by atoms with Gasteiger partial charge in [0.25, 0.3) is 0 Å². The number of fused-ring (bicyclic) bond motifs is 1.